The van der Waals surface area contributed by atoms with Gasteiger partial charge in [0.25, 0.3) is 0 Å². The molecule has 3 heteroatoms. The second kappa shape index (κ2) is 13.1. The van der Waals surface area contributed by atoms with Gasteiger partial charge in [0, 0.05) is 0 Å². The van der Waals surface area contributed by atoms with Crippen LogP contribution in [0.25, 0.3) is 0 Å². The van der Waals surface area contributed by atoms with Crippen molar-refractivity contribution < 1.29 is 0 Å². The number of nitrogens with zero attached hydrogens (tertiary/aromatic N) is 1. The second-order valence-electron chi connectivity index (χ2n) is 10.5. The van der Waals surface area contributed by atoms with Crippen molar-refractivity contribution in [3.05, 3.63) is 209 Å². The molecule has 4 aromatic carbocycles. The molecule has 5 aromatic rings. The third-order valence-corrected chi connectivity index (χ3v) is 7.81. The molecule has 0 fully saturated rings. The molecule has 202 valence electrons. The van der Waals surface area contributed by atoms with Crippen LogP contribution in [0.4, 0.5) is 0 Å². The zero-order chi connectivity index (χ0) is 28.6. The van der Waals surface area contributed by atoms with Crippen LogP contribution in [0.2, 0.25) is 0 Å². The maximum absolute atomic E-state index is 4.76. The number of aromatic nitrogens is 1. The first-order valence-corrected chi connectivity index (χ1v) is 14.4. The number of pyridine rings is 1. The summed E-state index contributed by atoms with van der Waals surface area (Å²) in [5.41, 5.74) is 10.4. The van der Waals surface area contributed by atoms with Crippen LogP contribution in [0.15, 0.2) is 181 Å². The van der Waals surface area contributed by atoms with E-state index >= 15 is 0 Å². The van der Waals surface area contributed by atoms with E-state index in [0.29, 0.717) is 6.54 Å². The van der Waals surface area contributed by atoms with Crippen LogP contribution in [0.1, 0.15) is 39.8 Å². The zero-order valence-corrected chi connectivity index (χ0v) is 23.6. The molecule has 1 N–H and O–H groups in total. The molecule has 0 atom stereocenters. The summed E-state index contributed by atoms with van der Waals surface area (Å²) in [6.45, 7) is 0.615. The third kappa shape index (κ3) is 6.01. The van der Waals surface area contributed by atoms with Gasteiger partial charge in [-0.15, -0.1) is 0 Å². The number of hydrogen-bond donors (Lipinski definition) is 1. The molecule has 2 nitrogen and oxygen atoms in total. The summed E-state index contributed by atoms with van der Waals surface area (Å²) in [4.78, 5) is 4.61. The van der Waals surface area contributed by atoms with Crippen molar-refractivity contribution >= 4 is 13.0 Å². The fourth-order valence-corrected chi connectivity index (χ4v) is 5.83. The molecule has 0 unspecified atom stereocenters. The summed E-state index contributed by atoms with van der Waals surface area (Å²) in [5, 5.41) is 3.86. The van der Waals surface area contributed by atoms with Crippen molar-refractivity contribution in [3.63, 3.8) is 0 Å². The predicted octanol–water partition coefficient (Wildman–Crippen LogP) is 7.66. The summed E-state index contributed by atoms with van der Waals surface area (Å²) < 4.78 is 0. The summed E-state index contributed by atoms with van der Waals surface area (Å²) in [5.74, 6) is 0.0226. The number of benzene rings is 4. The zero-order valence-electron chi connectivity index (χ0n) is 23.6. The van der Waals surface area contributed by atoms with Gasteiger partial charge in [0.1, 0.15) is 0 Å². The van der Waals surface area contributed by atoms with E-state index in [1.54, 1.807) is 0 Å². The molecule has 0 aliphatic heterocycles. The van der Waals surface area contributed by atoms with E-state index in [-0.39, 0.29) is 11.8 Å². The van der Waals surface area contributed by atoms with Crippen LogP contribution in [-0.2, 0) is 6.54 Å². The third-order valence-electron chi connectivity index (χ3n) is 7.81. The number of allylic oxidation sites excluding steroid dienone is 6. The van der Waals surface area contributed by atoms with Gasteiger partial charge in [0.2, 0.25) is 0 Å². The Labute approximate surface area is 249 Å². The molecule has 0 spiro atoms. The van der Waals surface area contributed by atoms with E-state index in [4.69, 9.17) is 7.49 Å². The fraction of sp³-hybridized carbons (Fsp3) is 0.0769. The molecule has 42 heavy (non-hydrogen) atoms. The first-order chi connectivity index (χ1) is 20.8. The standard InChI is InChI=1S/C39H33BN2/c40-38(36(29-16-5-1-6-17-29)30-18-7-2-8-19-30)34-25-15-26-35(34)39(42-28-33-24-13-14-27-41-33)37(31-20-9-3-10-21-31)32-22-11-4-12-23-32/h1-27,36-37,40,42H,28H2/b39-35-. The van der Waals surface area contributed by atoms with Crippen LogP contribution in [0.5, 0.6) is 0 Å². The Morgan fingerprint density at radius 1 is 0.595 bits per heavy atom. The topological polar surface area (TPSA) is 24.9 Å². The van der Waals surface area contributed by atoms with E-state index in [9.17, 15) is 0 Å². The molecule has 6 rings (SSSR count). The van der Waals surface area contributed by atoms with Gasteiger partial charge in [0.15, 0.2) is 0 Å². The van der Waals surface area contributed by atoms with E-state index in [2.05, 4.69) is 156 Å². The quantitative estimate of drug-likeness (QED) is 0.184. The minimum atomic E-state index is -0.00281. The summed E-state index contributed by atoms with van der Waals surface area (Å²) in [6, 6.07) is 48.9. The molecular weight excluding hydrogens is 507 g/mol. The molecule has 0 radical (unpaired) electrons. The average Bonchev–Trinajstić information content (AvgIpc) is 3.55. The van der Waals surface area contributed by atoms with Gasteiger partial charge < -0.3 is 0 Å². The maximum atomic E-state index is 4.76. The van der Waals surface area contributed by atoms with Gasteiger partial charge >= 0.3 is 250 Å². The molecule has 1 aromatic heterocycles. The Morgan fingerprint density at radius 2 is 1.07 bits per heavy atom. The number of hydrogen-bond acceptors (Lipinski definition) is 2. The van der Waals surface area contributed by atoms with E-state index in [1.165, 1.54) is 22.3 Å². The molecule has 1 aliphatic carbocycles. The summed E-state index contributed by atoms with van der Waals surface area (Å²) in [7, 11) is 4.76. The van der Waals surface area contributed by atoms with E-state index in [0.717, 1.165) is 28.0 Å². The first kappa shape index (κ1) is 27.2. The van der Waals surface area contributed by atoms with Gasteiger partial charge in [-0.25, -0.2) is 0 Å². The Morgan fingerprint density at radius 3 is 1.55 bits per heavy atom. The minimum absolute atomic E-state index is 0.00281. The van der Waals surface area contributed by atoms with Crippen molar-refractivity contribution in [1.82, 2.24) is 10.3 Å². The van der Waals surface area contributed by atoms with Gasteiger partial charge in [-0.2, -0.15) is 0 Å². The fourth-order valence-electron chi connectivity index (χ4n) is 5.83. The van der Waals surface area contributed by atoms with Gasteiger partial charge in [-0.3, -0.25) is 0 Å². The van der Waals surface area contributed by atoms with Crippen LogP contribution in [0, 0.1) is 0 Å². The molecular formula is C39H33BN2. The Bertz CT molecular complexity index is 1630. The predicted molar refractivity (Wildman–Crippen MR) is 177 cm³/mol. The average molecular weight is 541 g/mol. The van der Waals surface area contributed by atoms with Crippen LogP contribution >= 0.6 is 0 Å². The number of nitrogens with one attached hydrogen (secondary N) is 1. The molecule has 0 bridgehead atoms. The summed E-state index contributed by atoms with van der Waals surface area (Å²) >= 11 is 0. The first-order valence-electron chi connectivity index (χ1n) is 14.4. The normalized spacial score (nSPS) is 13.7. The molecule has 0 saturated heterocycles. The van der Waals surface area contributed by atoms with Gasteiger partial charge in [-0.05, 0) is 0 Å². The Kier molecular flexibility index (Phi) is 8.47. The number of rotatable bonds is 10. The SMILES string of the molecule is B=C(C1=CC=C/C1=C(/NCc1ccccn1)C(c1ccccc1)c1ccccc1)C(c1ccccc1)c1ccccc1. The van der Waals surface area contributed by atoms with Crippen LogP contribution in [-0.4, -0.2) is 17.9 Å². The Hall–Kier alpha value is -5.02. The molecule has 1 heterocycles. The Balaban J connectivity index is 1.50. The van der Waals surface area contributed by atoms with E-state index in [1.807, 2.05) is 18.3 Å². The van der Waals surface area contributed by atoms with Crippen molar-refractivity contribution in [1.29, 1.82) is 0 Å². The van der Waals surface area contributed by atoms with Crippen LogP contribution in [0.3, 0.4) is 0 Å². The van der Waals surface area contributed by atoms with Gasteiger partial charge in [-0.1, -0.05) is 0 Å². The van der Waals surface area contributed by atoms with Crippen molar-refractivity contribution in [2.75, 3.05) is 0 Å². The van der Waals surface area contributed by atoms with Crippen LogP contribution < -0.4 is 5.32 Å². The van der Waals surface area contributed by atoms with Crippen molar-refractivity contribution in [3.8, 4) is 0 Å². The van der Waals surface area contributed by atoms with Crippen molar-refractivity contribution in [2.45, 2.75) is 18.4 Å². The summed E-state index contributed by atoms with van der Waals surface area (Å²) in [6.07, 6.45) is 8.44. The molecule has 0 saturated carbocycles. The van der Waals surface area contributed by atoms with Gasteiger partial charge in [0.05, 0.1) is 0 Å². The monoisotopic (exact) mass is 540 g/mol. The van der Waals surface area contributed by atoms with E-state index < -0.39 is 0 Å². The molecule has 1 aliphatic rings. The van der Waals surface area contributed by atoms with Crippen molar-refractivity contribution in [2.24, 2.45) is 0 Å². The second-order valence-corrected chi connectivity index (χ2v) is 10.5. The molecule has 0 amide bonds.